The van der Waals surface area contributed by atoms with Gasteiger partial charge in [-0.25, -0.2) is 4.79 Å². The molecule has 0 aromatic carbocycles. The van der Waals surface area contributed by atoms with E-state index in [0.29, 0.717) is 19.4 Å². The van der Waals surface area contributed by atoms with Gasteiger partial charge in [-0.1, -0.05) is 0 Å². The van der Waals surface area contributed by atoms with Gasteiger partial charge in [0.25, 0.3) is 0 Å². The van der Waals surface area contributed by atoms with E-state index in [2.05, 4.69) is 5.32 Å². The lowest BCUT2D eigenvalue weighted by Gasteiger charge is -2.16. The quantitative estimate of drug-likeness (QED) is 0.737. The second-order valence-electron chi connectivity index (χ2n) is 4.26. The molecule has 0 spiro atoms. The Hall–Kier alpha value is -0.750. The molecule has 0 saturated carbocycles. The van der Waals surface area contributed by atoms with E-state index in [1.165, 1.54) is 0 Å². The summed E-state index contributed by atoms with van der Waals surface area (Å²) in [6, 6.07) is -0.786. The molecule has 0 aliphatic carbocycles. The SMILES string of the molecule is CSCC[C@H](NC(=O)C1COC(C)C1)C(=O)O. The van der Waals surface area contributed by atoms with Gasteiger partial charge in [-0.05, 0) is 31.8 Å². The topological polar surface area (TPSA) is 75.6 Å². The zero-order valence-electron chi connectivity index (χ0n) is 10.1. The Bertz CT molecular complexity index is 285. The standard InChI is InChI=1S/C11H19NO4S/c1-7-5-8(6-16-7)10(13)12-9(11(14)15)3-4-17-2/h7-9H,3-6H2,1-2H3,(H,12,13)(H,14,15)/t7?,8?,9-/m0/s1. The van der Waals surface area contributed by atoms with Gasteiger partial charge < -0.3 is 15.2 Å². The largest absolute Gasteiger partial charge is 0.480 e. The van der Waals surface area contributed by atoms with Crippen LogP contribution in [0.2, 0.25) is 0 Å². The molecule has 1 aliphatic heterocycles. The molecular formula is C11H19NO4S. The molecule has 3 atom stereocenters. The molecule has 5 nitrogen and oxygen atoms in total. The van der Waals surface area contributed by atoms with Crippen molar-refractivity contribution in [3.8, 4) is 0 Å². The van der Waals surface area contributed by atoms with Crippen LogP contribution in [0.15, 0.2) is 0 Å². The minimum atomic E-state index is -0.973. The zero-order valence-corrected chi connectivity index (χ0v) is 11.0. The lowest BCUT2D eigenvalue weighted by Crippen LogP contribution is -2.44. The number of carboxylic acids is 1. The van der Waals surface area contributed by atoms with Crippen LogP contribution in [0.25, 0.3) is 0 Å². The van der Waals surface area contributed by atoms with Crippen LogP contribution in [-0.2, 0) is 14.3 Å². The Balaban J connectivity index is 2.43. The van der Waals surface area contributed by atoms with E-state index in [4.69, 9.17) is 9.84 Å². The predicted molar refractivity (Wildman–Crippen MR) is 66.1 cm³/mol. The number of hydrogen-bond donors (Lipinski definition) is 2. The Labute approximate surface area is 105 Å². The lowest BCUT2D eigenvalue weighted by molar-refractivity contribution is -0.142. The molecule has 2 N–H and O–H groups in total. The average molecular weight is 261 g/mol. The van der Waals surface area contributed by atoms with Crippen molar-refractivity contribution < 1.29 is 19.4 Å². The summed E-state index contributed by atoms with van der Waals surface area (Å²) in [5.74, 6) is -0.669. The van der Waals surface area contributed by atoms with Gasteiger partial charge >= 0.3 is 5.97 Å². The van der Waals surface area contributed by atoms with Gasteiger partial charge in [0.15, 0.2) is 0 Å². The van der Waals surface area contributed by atoms with Crippen LogP contribution in [0.3, 0.4) is 0 Å². The van der Waals surface area contributed by atoms with E-state index >= 15 is 0 Å². The molecule has 0 bridgehead atoms. The van der Waals surface area contributed by atoms with Crippen LogP contribution in [0.4, 0.5) is 0 Å². The summed E-state index contributed by atoms with van der Waals surface area (Å²) < 4.78 is 5.30. The number of amides is 1. The predicted octanol–water partition coefficient (Wildman–Crippen LogP) is 0.734. The Morgan fingerprint density at radius 3 is 2.76 bits per heavy atom. The first-order valence-corrected chi connectivity index (χ1v) is 7.07. The molecule has 17 heavy (non-hydrogen) atoms. The van der Waals surface area contributed by atoms with Crippen LogP contribution < -0.4 is 5.32 Å². The third kappa shape index (κ3) is 4.55. The molecule has 0 aromatic rings. The van der Waals surface area contributed by atoms with Crippen LogP contribution in [-0.4, -0.2) is 47.7 Å². The summed E-state index contributed by atoms with van der Waals surface area (Å²) in [5.41, 5.74) is 0. The third-order valence-electron chi connectivity index (χ3n) is 2.79. The number of nitrogens with one attached hydrogen (secondary N) is 1. The Morgan fingerprint density at radius 1 is 1.59 bits per heavy atom. The first-order chi connectivity index (χ1) is 8.04. The summed E-state index contributed by atoms with van der Waals surface area (Å²) in [4.78, 5) is 22.8. The smallest absolute Gasteiger partial charge is 0.326 e. The van der Waals surface area contributed by atoms with E-state index in [9.17, 15) is 9.59 Å². The molecule has 98 valence electrons. The van der Waals surface area contributed by atoms with Gasteiger partial charge in [0.2, 0.25) is 5.91 Å². The van der Waals surface area contributed by atoms with Gasteiger partial charge in [0, 0.05) is 0 Å². The molecule has 1 fully saturated rings. The van der Waals surface area contributed by atoms with Crippen molar-refractivity contribution in [1.82, 2.24) is 5.32 Å². The second-order valence-corrected chi connectivity index (χ2v) is 5.24. The monoisotopic (exact) mass is 261 g/mol. The minimum Gasteiger partial charge on any atom is -0.480 e. The molecule has 2 unspecified atom stereocenters. The molecule has 6 heteroatoms. The number of carbonyl (C=O) groups is 2. The highest BCUT2D eigenvalue weighted by molar-refractivity contribution is 7.98. The maximum atomic E-state index is 11.8. The van der Waals surface area contributed by atoms with Gasteiger partial charge in [0.1, 0.15) is 6.04 Å². The molecule has 1 amide bonds. The summed E-state index contributed by atoms with van der Waals surface area (Å²) >= 11 is 1.57. The number of rotatable bonds is 6. The fourth-order valence-corrected chi connectivity index (χ4v) is 2.25. The van der Waals surface area contributed by atoms with Crippen LogP contribution >= 0.6 is 11.8 Å². The number of carboxylic acid groups (broad SMARTS) is 1. The van der Waals surface area contributed by atoms with E-state index in [-0.39, 0.29) is 17.9 Å². The van der Waals surface area contributed by atoms with Crippen molar-refractivity contribution in [2.24, 2.45) is 5.92 Å². The number of ether oxygens (including phenoxy) is 1. The maximum absolute atomic E-state index is 11.8. The van der Waals surface area contributed by atoms with Crippen molar-refractivity contribution in [2.45, 2.75) is 31.9 Å². The molecule has 1 saturated heterocycles. The summed E-state index contributed by atoms with van der Waals surface area (Å²) in [6.45, 7) is 2.30. The first-order valence-electron chi connectivity index (χ1n) is 5.68. The number of aliphatic carboxylic acids is 1. The number of thioether (sulfide) groups is 1. The molecule has 0 radical (unpaired) electrons. The van der Waals surface area contributed by atoms with E-state index in [1.807, 2.05) is 13.2 Å². The van der Waals surface area contributed by atoms with Gasteiger partial charge in [-0.15, -0.1) is 0 Å². The van der Waals surface area contributed by atoms with Gasteiger partial charge in [-0.3, -0.25) is 4.79 Å². The van der Waals surface area contributed by atoms with E-state index in [0.717, 1.165) is 5.75 Å². The number of carbonyl (C=O) groups excluding carboxylic acids is 1. The van der Waals surface area contributed by atoms with Crippen molar-refractivity contribution >= 4 is 23.6 Å². The molecular weight excluding hydrogens is 242 g/mol. The molecule has 1 heterocycles. The third-order valence-corrected chi connectivity index (χ3v) is 3.44. The van der Waals surface area contributed by atoms with E-state index in [1.54, 1.807) is 11.8 Å². The van der Waals surface area contributed by atoms with Gasteiger partial charge in [-0.2, -0.15) is 11.8 Å². The van der Waals surface area contributed by atoms with Crippen molar-refractivity contribution in [1.29, 1.82) is 0 Å². The Kier molecular flexibility index (Phi) is 5.77. The molecule has 0 aromatic heterocycles. The number of hydrogen-bond acceptors (Lipinski definition) is 4. The highest BCUT2D eigenvalue weighted by Gasteiger charge is 2.30. The first kappa shape index (κ1) is 14.3. The van der Waals surface area contributed by atoms with Crippen LogP contribution in [0, 0.1) is 5.92 Å². The van der Waals surface area contributed by atoms with Crippen LogP contribution in [0.5, 0.6) is 0 Å². The molecule has 1 rings (SSSR count). The maximum Gasteiger partial charge on any atom is 0.326 e. The van der Waals surface area contributed by atoms with Crippen molar-refractivity contribution in [2.75, 3.05) is 18.6 Å². The van der Waals surface area contributed by atoms with Crippen molar-refractivity contribution in [3.63, 3.8) is 0 Å². The lowest BCUT2D eigenvalue weighted by atomic mass is 10.0. The Morgan fingerprint density at radius 2 is 2.29 bits per heavy atom. The highest BCUT2D eigenvalue weighted by atomic mass is 32.2. The van der Waals surface area contributed by atoms with Gasteiger partial charge in [0.05, 0.1) is 18.6 Å². The zero-order chi connectivity index (χ0) is 12.8. The van der Waals surface area contributed by atoms with Crippen molar-refractivity contribution in [3.05, 3.63) is 0 Å². The second kappa shape index (κ2) is 6.86. The summed E-state index contributed by atoms with van der Waals surface area (Å²) in [7, 11) is 0. The van der Waals surface area contributed by atoms with E-state index < -0.39 is 12.0 Å². The van der Waals surface area contributed by atoms with Crippen LogP contribution in [0.1, 0.15) is 19.8 Å². The fourth-order valence-electron chi connectivity index (χ4n) is 1.78. The fraction of sp³-hybridized carbons (Fsp3) is 0.818. The normalized spacial score (nSPS) is 25.5. The highest BCUT2D eigenvalue weighted by Crippen LogP contribution is 2.19. The molecule has 1 aliphatic rings. The summed E-state index contributed by atoms with van der Waals surface area (Å²) in [6.07, 6.45) is 3.11. The summed E-state index contributed by atoms with van der Waals surface area (Å²) in [5, 5.41) is 11.6. The average Bonchev–Trinajstić information content (AvgIpc) is 2.70. The minimum absolute atomic E-state index is 0.0835.